The van der Waals surface area contributed by atoms with Gasteiger partial charge in [0, 0.05) is 18.5 Å². The van der Waals surface area contributed by atoms with Crippen LogP contribution in [0.3, 0.4) is 0 Å². The fraction of sp³-hybridized carbons (Fsp3) is 0.200. The second kappa shape index (κ2) is 7.62. The molecule has 0 unspecified atom stereocenters. The number of amides is 1. The zero-order valence-electron chi connectivity index (χ0n) is 14.7. The van der Waals surface area contributed by atoms with Crippen molar-refractivity contribution in [3.8, 4) is 5.69 Å². The molecular weight excluding hydrogens is 350 g/mol. The number of nitrogens with zero attached hydrogens (tertiary/aromatic N) is 2. The average molecular weight is 370 g/mol. The summed E-state index contributed by atoms with van der Waals surface area (Å²) in [5, 5.41) is 3.41. The molecule has 0 bridgehead atoms. The van der Waals surface area contributed by atoms with E-state index in [0.29, 0.717) is 22.8 Å². The monoisotopic (exact) mass is 369 g/mol. The first-order valence-corrected chi connectivity index (χ1v) is 8.73. The summed E-state index contributed by atoms with van der Waals surface area (Å²) in [6.45, 7) is 1.81. The Balaban J connectivity index is 1.78. The number of para-hydroxylation sites is 1. The Labute approximate surface area is 156 Å². The molecule has 0 aliphatic heterocycles. The fourth-order valence-corrected chi connectivity index (χ4v) is 3.08. The van der Waals surface area contributed by atoms with Gasteiger partial charge in [-0.15, -0.1) is 0 Å². The summed E-state index contributed by atoms with van der Waals surface area (Å²) in [6, 6.07) is 16.8. The topological polar surface area (TPSA) is 56.0 Å². The van der Waals surface area contributed by atoms with Gasteiger partial charge in [0.1, 0.15) is 5.69 Å². The van der Waals surface area contributed by atoms with E-state index in [1.54, 1.807) is 22.5 Å². The third kappa shape index (κ3) is 3.73. The van der Waals surface area contributed by atoms with Crippen molar-refractivity contribution in [3.05, 3.63) is 81.2 Å². The van der Waals surface area contributed by atoms with Crippen LogP contribution in [0, 0.1) is 6.92 Å². The predicted octanol–water partition coefficient (Wildman–Crippen LogP) is 3.71. The van der Waals surface area contributed by atoms with Gasteiger partial charge in [0.15, 0.2) is 0 Å². The predicted molar refractivity (Wildman–Crippen MR) is 104 cm³/mol. The van der Waals surface area contributed by atoms with Crippen molar-refractivity contribution < 1.29 is 4.79 Å². The molecule has 1 amide bonds. The highest BCUT2D eigenvalue weighted by Gasteiger charge is 2.17. The SMILES string of the molecule is Cc1c(NC(=O)CCc2cccc(Cl)c2)c(=O)n(-c2ccccc2)n1C. The van der Waals surface area contributed by atoms with Gasteiger partial charge in [0.05, 0.1) is 11.4 Å². The molecule has 0 aliphatic rings. The lowest BCUT2D eigenvalue weighted by atomic mass is 10.1. The van der Waals surface area contributed by atoms with Crippen molar-refractivity contribution in [3.63, 3.8) is 0 Å². The maximum atomic E-state index is 12.8. The quantitative estimate of drug-likeness (QED) is 0.745. The van der Waals surface area contributed by atoms with E-state index in [9.17, 15) is 9.59 Å². The molecule has 3 aromatic rings. The third-order valence-electron chi connectivity index (χ3n) is 4.35. The van der Waals surface area contributed by atoms with Crippen LogP contribution in [0.2, 0.25) is 5.02 Å². The van der Waals surface area contributed by atoms with E-state index in [1.165, 1.54) is 0 Å². The molecule has 0 saturated carbocycles. The Morgan fingerprint density at radius 3 is 2.54 bits per heavy atom. The Kier molecular flexibility index (Phi) is 5.28. The number of aromatic nitrogens is 2. The lowest BCUT2D eigenvalue weighted by Crippen LogP contribution is -2.23. The number of hydrogen-bond acceptors (Lipinski definition) is 2. The van der Waals surface area contributed by atoms with Crippen molar-refractivity contribution in [1.82, 2.24) is 9.36 Å². The molecule has 0 saturated heterocycles. The molecule has 0 radical (unpaired) electrons. The maximum Gasteiger partial charge on any atom is 0.295 e. The molecule has 5 nitrogen and oxygen atoms in total. The minimum absolute atomic E-state index is 0.198. The molecule has 1 N–H and O–H groups in total. The first-order chi connectivity index (χ1) is 12.5. The molecule has 26 heavy (non-hydrogen) atoms. The van der Waals surface area contributed by atoms with Crippen LogP contribution in [0.1, 0.15) is 17.7 Å². The van der Waals surface area contributed by atoms with E-state index in [2.05, 4.69) is 5.32 Å². The van der Waals surface area contributed by atoms with Crippen LogP contribution in [-0.2, 0) is 18.3 Å². The fourth-order valence-electron chi connectivity index (χ4n) is 2.86. The minimum atomic E-state index is -0.243. The number of hydrogen-bond donors (Lipinski definition) is 1. The largest absolute Gasteiger partial charge is 0.320 e. The number of carbonyl (C=O) groups excluding carboxylic acids is 1. The van der Waals surface area contributed by atoms with Crippen LogP contribution in [0.25, 0.3) is 5.69 Å². The van der Waals surface area contributed by atoms with E-state index in [4.69, 9.17) is 11.6 Å². The highest BCUT2D eigenvalue weighted by molar-refractivity contribution is 6.30. The number of halogens is 1. The molecule has 1 heterocycles. The van der Waals surface area contributed by atoms with Gasteiger partial charge in [-0.05, 0) is 43.2 Å². The van der Waals surface area contributed by atoms with E-state index in [-0.39, 0.29) is 17.9 Å². The summed E-state index contributed by atoms with van der Waals surface area (Å²) in [4.78, 5) is 25.1. The summed E-state index contributed by atoms with van der Waals surface area (Å²) < 4.78 is 3.28. The second-order valence-corrected chi connectivity index (χ2v) is 6.55. The number of anilines is 1. The van der Waals surface area contributed by atoms with Gasteiger partial charge < -0.3 is 5.32 Å². The number of aryl methyl sites for hydroxylation is 1. The molecule has 0 atom stereocenters. The van der Waals surface area contributed by atoms with Crippen molar-refractivity contribution in [2.45, 2.75) is 19.8 Å². The highest BCUT2D eigenvalue weighted by Crippen LogP contribution is 2.15. The summed E-state index contributed by atoms with van der Waals surface area (Å²) in [6.07, 6.45) is 0.838. The third-order valence-corrected chi connectivity index (χ3v) is 4.58. The van der Waals surface area contributed by atoms with E-state index >= 15 is 0 Å². The molecule has 2 aromatic carbocycles. The smallest absolute Gasteiger partial charge is 0.295 e. The number of nitrogens with one attached hydrogen (secondary N) is 1. The molecule has 1 aromatic heterocycles. The molecule has 6 heteroatoms. The molecule has 0 spiro atoms. The van der Waals surface area contributed by atoms with Gasteiger partial charge in [0.2, 0.25) is 5.91 Å². The summed E-state index contributed by atoms with van der Waals surface area (Å²) in [7, 11) is 1.80. The van der Waals surface area contributed by atoms with Gasteiger partial charge >= 0.3 is 0 Å². The Bertz CT molecular complexity index is 990. The zero-order chi connectivity index (χ0) is 18.7. The van der Waals surface area contributed by atoms with E-state index < -0.39 is 0 Å². The molecule has 3 rings (SSSR count). The zero-order valence-corrected chi connectivity index (χ0v) is 15.5. The van der Waals surface area contributed by atoms with E-state index in [0.717, 1.165) is 11.3 Å². The van der Waals surface area contributed by atoms with Gasteiger partial charge in [0.25, 0.3) is 5.56 Å². The maximum absolute atomic E-state index is 12.8. The van der Waals surface area contributed by atoms with Gasteiger partial charge in [-0.1, -0.05) is 41.9 Å². The summed E-state index contributed by atoms with van der Waals surface area (Å²) >= 11 is 5.96. The van der Waals surface area contributed by atoms with Gasteiger partial charge in [-0.25, -0.2) is 4.68 Å². The van der Waals surface area contributed by atoms with Crippen LogP contribution in [-0.4, -0.2) is 15.3 Å². The van der Waals surface area contributed by atoms with Crippen LogP contribution in [0.5, 0.6) is 0 Å². The molecule has 134 valence electrons. The number of benzene rings is 2. The second-order valence-electron chi connectivity index (χ2n) is 6.11. The molecule has 0 fully saturated rings. The average Bonchev–Trinajstić information content (AvgIpc) is 2.84. The number of rotatable bonds is 5. The Morgan fingerprint density at radius 1 is 1.12 bits per heavy atom. The van der Waals surface area contributed by atoms with Crippen molar-refractivity contribution in [1.29, 1.82) is 0 Å². The summed E-state index contributed by atoms with van der Waals surface area (Å²) in [5.74, 6) is -0.198. The number of carbonyl (C=O) groups is 1. The first kappa shape index (κ1) is 18.0. The van der Waals surface area contributed by atoms with Gasteiger partial charge in [-0.2, -0.15) is 0 Å². The first-order valence-electron chi connectivity index (χ1n) is 8.35. The lowest BCUT2D eigenvalue weighted by Gasteiger charge is -2.07. The minimum Gasteiger partial charge on any atom is -0.320 e. The van der Waals surface area contributed by atoms with Crippen molar-refractivity contribution in [2.24, 2.45) is 7.05 Å². The van der Waals surface area contributed by atoms with Crippen molar-refractivity contribution >= 4 is 23.2 Å². The normalized spacial score (nSPS) is 10.7. The summed E-state index contributed by atoms with van der Waals surface area (Å²) in [5.41, 5.74) is 2.51. The molecule has 0 aliphatic carbocycles. The van der Waals surface area contributed by atoms with E-state index in [1.807, 2.05) is 55.5 Å². The Hall–Kier alpha value is -2.79. The highest BCUT2D eigenvalue weighted by atomic mass is 35.5. The lowest BCUT2D eigenvalue weighted by molar-refractivity contribution is -0.116. The van der Waals surface area contributed by atoms with Crippen LogP contribution >= 0.6 is 11.6 Å². The van der Waals surface area contributed by atoms with Crippen LogP contribution in [0.4, 0.5) is 5.69 Å². The van der Waals surface area contributed by atoms with Crippen LogP contribution < -0.4 is 10.9 Å². The van der Waals surface area contributed by atoms with Gasteiger partial charge in [-0.3, -0.25) is 14.3 Å². The van der Waals surface area contributed by atoms with Crippen LogP contribution in [0.15, 0.2) is 59.4 Å². The standard InChI is InChI=1S/C20H20ClN3O2/c1-14-19(20(26)24(23(14)2)17-9-4-3-5-10-17)22-18(25)12-11-15-7-6-8-16(21)13-15/h3-10,13H,11-12H2,1-2H3,(H,22,25). The molecular formula is C20H20ClN3O2. The van der Waals surface area contributed by atoms with Crippen molar-refractivity contribution in [2.75, 3.05) is 5.32 Å². The Morgan fingerprint density at radius 2 is 1.85 bits per heavy atom.